The van der Waals surface area contributed by atoms with Crippen LogP contribution in [0.15, 0.2) is 27.8 Å². The van der Waals surface area contributed by atoms with Gasteiger partial charge in [0, 0.05) is 12.2 Å². The van der Waals surface area contributed by atoms with Crippen molar-refractivity contribution >= 4 is 29.3 Å². The Bertz CT molecular complexity index is 648. The number of hydrogen-bond donors (Lipinski definition) is 1. The van der Waals surface area contributed by atoms with Gasteiger partial charge in [0.25, 0.3) is 5.22 Å². The van der Waals surface area contributed by atoms with Crippen molar-refractivity contribution in [1.82, 2.24) is 10.2 Å². The van der Waals surface area contributed by atoms with Crippen LogP contribution in [-0.2, 0) is 4.79 Å². The lowest BCUT2D eigenvalue weighted by Gasteiger charge is -2.07. The number of aliphatic carboxylic acids is 1. The lowest BCUT2D eigenvalue weighted by molar-refractivity contribution is -0.137. The number of halogens is 1. The van der Waals surface area contributed by atoms with E-state index in [1.165, 1.54) is 11.8 Å². The predicted octanol–water partition coefficient (Wildman–Crippen LogP) is 3.75. The molecule has 2 rings (SSSR count). The van der Waals surface area contributed by atoms with E-state index in [4.69, 9.17) is 25.9 Å². The van der Waals surface area contributed by atoms with Gasteiger partial charge in [-0.1, -0.05) is 29.4 Å². The fraction of sp³-hybridized carbons (Fsp3) is 0.357. The van der Waals surface area contributed by atoms with Crippen LogP contribution in [0.2, 0.25) is 5.02 Å². The van der Waals surface area contributed by atoms with E-state index in [0.717, 1.165) is 0 Å². The Kier molecular flexibility index (Phi) is 6.09. The monoisotopic (exact) mass is 342 g/mol. The normalized spacial score (nSPS) is 10.6. The molecule has 2 aromatic rings. The number of carbonyl (C=O) groups is 1. The standard InChI is InChI=1S/C14H15ClN2O4S/c1-2-20-10-6-3-5-9(12(10)15)13-16-17-14(21-13)22-8-4-7-11(18)19/h3,5-6H,2,4,7-8H2,1H3,(H,18,19). The molecule has 0 unspecified atom stereocenters. The van der Waals surface area contributed by atoms with Crippen molar-refractivity contribution in [3.05, 3.63) is 23.2 Å². The van der Waals surface area contributed by atoms with Crippen LogP contribution in [-0.4, -0.2) is 33.6 Å². The summed E-state index contributed by atoms with van der Waals surface area (Å²) in [6, 6.07) is 5.35. The number of carboxylic acids is 1. The van der Waals surface area contributed by atoms with Gasteiger partial charge in [-0.3, -0.25) is 4.79 Å². The molecule has 1 aromatic heterocycles. The van der Waals surface area contributed by atoms with Crippen molar-refractivity contribution in [3.63, 3.8) is 0 Å². The van der Waals surface area contributed by atoms with Gasteiger partial charge in [-0.05, 0) is 25.5 Å². The fourth-order valence-corrected chi connectivity index (χ4v) is 2.66. The van der Waals surface area contributed by atoms with Crippen LogP contribution < -0.4 is 4.74 Å². The van der Waals surface area contributed by atoms with E-state index in [-0.39, 0.29) is 6.42 Å². The van der Waals surface area contributed by atoms with Crippen LogP contribution in [0.5, 0.6) is 5.75 Å². The number of nitrogens with zero attached hydrogens (tertiary/aromatic N) is 2. The van der Waals surface area contributed by atoms with Gasteiger partial charge in [0.15, 0.2) is 0 Å². The lowest BCUT2D eigenvalue weighted by Crippen LogP contribution is -1.94. The molecular weight excluding hydrogens is 328 g/mol. The largest absolute Gasteiger partial charge is 0.492 e. The van der Waals surface area contributed by atoms with Gasteiger partial charge >= 0.3 is 5.97 Å². The maximum absolute atomic E-state index is 10.4. The Balaban J connectivity index is 2.05. The van der Waals surface area contributed by atoms with Gasteiger partial charge in [0.2, 0.25) is 5.89 Å². The van der Waals surface area contributed by atoms with Crippen molar-refractivity contribution in [2.45, 2.75) is 25.0 Å². The average molecular weight is 343 g/mol. The number of rotatable bonds is 8. The molecule has 0 atom stereocenters. The van der Waals surface area contributed by atoms with Crippen LogP contribution in [0.3, 0.4) is 0 Å². The van der Waals surface area contributed by atoms with Crippen LogP contribution in [0.25, 0.3) is 11.5 Å². The molecule has 0 aliphatic heterocycles. The van der Waals surface area contributed by atoms with E-state index in [0.29, 0.717) is 46.2 Å². The van der Waals surface area contributed by atoms with Gasteiger partial charge in [-0.15, -0.1) is 10.2 Å². The van der Waals surface area contributed by atoms with Crippen molar-refractivity contribution in [2.24, 2.45) is 0 Å². The first-order valence-electron chi connectivity index (χ1n) is 6.71. The predicted molar refractivity (Wildman–Crippen MR) is 83.5 cm³/mol. The number of ether oxygens (including phenoxy) is 1. The van der Waals surface area contributed by atoms with E-state index in [9.17, 15) is 4.79 Å². The molecule has 0 fully saturated rings. The molecular formula is C14H15ClN2O4S. The van der Waals surface area contributed by atoms with Crippen molar-refractivity contribution in [3.8, 4) is 17.2 Å². The fourth-order valence-electron chi connectivity index (χ4n) is 1.70. The summed E-state index contributed by atoms with van der Waals surface area (Å²) >= 11 is 7.59. The van der Waals surface area contributed by atoms with Gasteiger partial charge < -0.3 is 14.3 Å². The van der Waals surface area contributed by atoms with Crippen molar-refractivity contribution in [1.29, 1.82) is 0 Å². The van der Waals surface area contributed by atoms with E-state index in [1.54, 1.807) is 18.2 Å². The summed E-state index contributed by atoms with van der Waals surface area (Å²) in [5.41, 5.74) is 0.609. The highest BCUT2D eigenvalue weighted by molar-refractivity contribution is 7.99. The van der Waals surface area contributed by atoms with Crippen LogP contribution in [0.4, 0.5) is 0 Å². The molecule has 0 aliphatic carbocycles. The molecule has 1 heterocycles. The summed E-state index contributed by atoms with van der Waals surface area (Å²) in [7, 11) is 0. The third kappa shape index (κ3) is 4.38. The van der Waals surface area contributed by atoms with Crippen LogP contribution in [0, 0.1) is 0 Å². The van der Waals surface area contributed by atoms with Gasteiger partial charge in [0.1, 0.15) is 5.75 Å². The first kappa shape index (κ1) is 16.6. The third-order valence-corrected chi connectivity index (χ3v) is 3.96. The van der Waals surface area contributed by atoms with Gasteiger partial charge in [0.05, 0.1) is 17.2 Å². The Morgan fingerprint density at radius 2 is 2.27 bits per heavy atom. The zero-order chi connectivity index (χ0) is 15.9. The SMILES string of the molecule is CCOc1cccc(-c2nnc(SCCCC(=O)O)o2)c1Cl. The molecule has 0 spiro atoms. The number of thioether (sulfide) groups is 1. The summed E-state index contributed by atoms with van der Waals surface area (Å²) < 4.78 is 11.0. The minimum Gasteiger partial charge on any atom is -0.492 e. The maximum atomic E-state index is 10.4. The Morgan fingerprint density at radius 3 is 3.00 bits per heavy atom. The minimum atomic E-state index is -0.814. The highest BCUT2D eigenvalue weighted by Crippen LogP contribution is 2.35. The molecule has 0 aliphatic rings. The summed E-state index contributed by atoms with van der Waals surface area (Å²) in [6.45, 7) is 2.39. The molecule has 6 nitrogen and oxygen atoms in total. The number of carboxylic acid groups (broad SMARTS) is 1. The molecule has 0 saturated heterocycles. The lowest BCUT2D eigenvalue weighted by atomic mass is 10.2. The van der Waals surface area contributed by atoms with Crippen molar-refractivity contribution in [2.75, 3.05) is 12.4 Å². The molecule has 22 heavy (non-hydrogen) atoms. The van der Waals surface area contributed by atoms with Crippen LogP contribution >= 0.6 is 23.4 Å². The molecule has 0 bridgehead atoms. The molecule has 1 aromatic carbocycles. The average Bonchev–Trinajstić information content (AvgIpc) is 2.94. The van der Waals surface area contributed by atoms with Crippen molar-refractivity contribution < 1.29 is 19.1 Å². The Hall–Kier alpha value is -1.73. The maximum Gasteiger partial charge on any atom is 0.303 e. The quantitative estimate of drug-likeness (QED) is 0.577. The number of aromatic nitrogens is 2. The summed E-state index contributed by atoms with van der Waals surface area (Å²) in [5.74, 6) is 0.662. The number of benzene rings is 1. The highest BCUT2D eigenvalue weighted by Gasteiger charge is 2.15. The Labute approximate surface area is 136 Å². The zero-order valence-electron chi connectivity index (χ0n) is 11.9. The minimum absolute atomic E-state index is 0.121. The van der Waals surface area contributed by atoms with E-state index < -0.39 is 5.97 Å². The van der Waals surface area contributed by atoms with Gasteiger partial charge in [-0.25, -0.2) is 0 Å². The van der Waals surface area contributed by atoms with E-state index in [1.807, 2.05) is 6.92 Å². The molecule has 0 saturated carbocycles. The summed E-state index contributed by atoms with van der Waals surface area (Å²) in [5, 5.41) is 17.3. The topological polar surface area (TPSA) is 85.5 Å². The second-order valence-corrected chi connectivity index (χ2v) is 5.69. The van der Waals surface area contributed by atoms with Gasteiger partial charge in [-0.2, -0.15) is 0 Å². The second kappa shape index (κ2) is 8.05. The first-order valence-corrected chi connectivity index (χ1v) is 8.08. The molecule has 8 heteroatoms. The number of hydrogen-bond acceptors (Lipinski definition) is 6. The molecule has 0 radical (unpaired) electrons. The van der Waals surface area contributed by atoms with Crippen LogP contribution in [0.1, 0.15) is 19.8 Å². The summed E-state index contributed by atoms with van der Waals surface area (Å²) in [6.07, 6.45) is 0.661. The molecule has 118 valence electrons. The second-order valence-electron chi connectivity index (χ2n) is 4.27. The van der Waals surface area contributed by atoms with E-state index in [2.05, 4.69) is 10.2 Å². The third-order valence-electron chi connectivity index (χ3n) is 2.66. The molecule has 0 amide bonds. The molecule has 1 N–H and O–H groups in total. The van der Waals surface area contributed by atoms with E-state index >= 15 is 0 Å². The Morgan fingerprint density at radius 1 is 1.45 bits per heavy atom. The first-order chi connectivity index (χ1) is 10.6. The summed E-state index contributed by atoms with van der Waals surface area (Å²) in [4.78, 5) is 10.4. The highest BCUT2D eigenvalue weighted by atomic mass is 35.5. The zero-order valence-corrected chi connectivity index (χ0v) is 13.5. The smallest absolute Gasteiger partial charge is 0.303 e.